The van der Waals surface area contributed by atoms with Gasteiger partial charge in [0.25, 0.3) is 0 Å². The smallest absolute Gasteiger partial charge is 0.0354 e. The van der Waals surface area contributed by atoms with Crippen LogP contribution < -0.4 is 5.32 Å². The third-order valence-electron chi connectivity index (χ3n) is 3.14. The SMILES string of the molecule is CNC(c1ccccc1)C1CCCSC1. The van der Waals surface area contributed by atoms with Crippen molar-refractivity contribution in [1.82, 2.24) is 5.32 Å². The number of thioether (sulfide) groups is 1. The average molecular weight is 221 g/mol. The molecule has 1 aliphatic heterocycles. The Kier molecular flexibility index (Phi) is 4.09. The summed E-state index contributed by atoms with van der Waals surface area (Å²) in [5.41, 5.74) is 1.44. The van der Waals surface area contributed by atoms with Crippen LogP contribution in [0.1, 0.15) is 24.4 Å². The molecule has 1 N–H and O–H groups in total. The molecule has 0 spiro atoms. The quantitative estimate of drug-likeness (QED) is 0.842. The fourth-order valence-electron chi connectivity index (χ4n) is 2.36. The van der Waals surface area contributed by atoms with Crippen molar-refractivity contribution in [2.75, 3.05) is 18.6 Å². The van der Waals surface area contributed by atoms with Gasteiger partial charge in [0.15, 0.2) is 0 Å². The van der Waals surface area contributed by atoms with E-state index in [9.17, 15) is 0 Å². The second-order valence-electron chi connectivity index (χ2n) is 4.15. The highest BCUT2D eigenvalue weighted by Crippen LogP contribution is 2.32. The molecular weight excluding hydrogens is 202 g/mol. The summed E-state index contributed by atoms with van der Waals surface area (Å²) in [6.07, 6.45) is 2.74. The van der Waals surface area contributed by atoms with Gasteiger partial charge < -0.3 is 5.32 Å². The van der Waals surface area contributed by atoms with Crippen LogP contribution in [0.15, 0.2) is 30.3 Å². The van der Waals surface area contributed by atoms with Crippen molar-refractivity contribution in [3.05, 3.63) is 35.9 Å². The van der Waals surface area contributed by atoms with Crippen LogP contribution in [0.5, 0.6) is 0 Å². The molecule has 0 amide bonds. The van der Waals surface area contributed by atoms with E-state index in [2.05, 4.69) is 54.5 Å². The van der Waals surface area contributed by atoms with E-state index in [1.165, 1.54) is 29.9 Å². The van der Waals surface area contributed by atoms with E-state index in [0.717, 1.165) is 5.92 Å². The highest BCUT2D eigenvalue weighted by Gasteiger charge is 2.23. The number of nitrogens with one attached hydrogen (secondary N) is 1. The molecule has 1 aromatic carbocycles. The van der Waals surface area contributed by atoms with Gasteiger partial charge in [0, 0.05) is 6.04 Å². The Hall–Kier alpha value is -0.470. The normalized spacial score (nSPS) is 23.7. The van der Waals surface area contributed by atoms with E-state index in [0.29, 0.717) is 6.04 Å². The van der Waals surface area contributed by atoms with E-state index in [1.807, 2.05) is 0 Å². The van der Waals surface area contributed by atoms with Gasteiger partial charge in [-0.15, -0.1) is 0 Å². The summed E-state index contributed by atoms with van der Waals surface area (Å²) in [4.78, 5) is 0. The van der Waals surface area contributed by atoms with Gasteiger partial charge >= 0.3 is 0 Å². The van der Waals surface area contributed by atoms with Crippen LogP contribution >= 0.6 is 11.8 Å². The fraction of sp³-hybridized carbons (Fsp3) is 0.538. The van der Waals surface area contributed by atoms with E-state index in [1.54, 1.807) is 0 Å². The molecule has 2 atom stereocenters. The van der Waals surface area contributed by atoms with Crippen molar-refractivity contribution in [3.8, 4) is 0 Å². The summed E-state index contributed by atoms with van der Waals surface area (Å²) in [6.45, 7) is 0. The van der Waals surface area contributed by atoms with Gasteiger partial charge in [-0.1, -0.05) is 30.3 Å². The minimum atomic E-state index is 0.541. The van der Waals surface area contributed by atoms with Gasteiger partial charge in [0.1, 0.15) is 0 Å². The third-order valence-corrected chi connectivity index (χ3v) is 4.38. The van der Waals surface area contributed by atoms with Gasteiger partial charge in [-0.05, 0) is 42.9 Å². The largest absolute Gasteiger partial charge is 0.313 e. The fourth-order valence-corrected chi connectivity index (χ4v) is 3.56. The molecule has 15 heavy (non-hydrogen) atoms. The van der Waals surface area contributed by atoms with Gasteiger partial charge in [0.05, 0.1) is 0 Å². The number of hydrogen-bond donors (Lipinski definition) is 1. The Labute approximate surface area is 96.7 Å². The van der Waals surface area contributed by atoms with Crippen LogP contribution in [0, 0.1) is 5.92 Å². The molecule has 1 aromatic rings. The van der Waals surface area contributed by atoms with Crippen LogP contribution in [0.2, 0.25) is 0 Å². The molecule has 0 radical (unpaired) electrons. The second kappa shape index (κ2) is 5.57. The summed E-state index contributed by atoms with van der Waals surface area (Å²) in [7, 11) is 2.08. The lowest BCUT2D eigenvalue weighted by Crippen LogP contribution is -2.28. The number of hydrogen-bond acceptors (Lipinski definition) is 2. The maximum Gasteiger partial charge on any atom is 0.0354 e. The number of benzene rings is 1. The van der Waals surface area contributed by atoms with E-state index in [-0.39, 0.29) is 0 Å². The van der Waals surface area contributed by atoms with Crippen molar-refractivity contribution in [2.45, 2.75) is 18.9 Å². The third kappa shape index (κ3) is 2.76. The summed E-state index contributed by atoms with van der Waals surface area (Å²) in [5, 5.41) is 3.47. The Morgan fingerprint density at radius 2 is 2.13 bits per heavy atom. The summed E-state index contributed by atoms with van der Waals surface area (Å²) >= 11 is 2.10. The molecule has 0 aliphatic carbocycles. The molecule has 1 nitrogen and oxygen atoms in total. The first-order chi connectivity index (χ1) is 7.42. The topological polar surface area (TPSA) is 12.0 Å². The van der Waals surface area contributed by atoms with Crippen LogP contribution in [-0.2, 0) is 0 Å². The van der Waals surface area contributed by atoms with E-state index >= 15 is 0 Å². The van der Waals surface area contributed by atoms with Crippen molar-refractivity contribution in [3.63, 3.8) is 0 Å². The monoisotopic (exact) mass is 221 g/mol. The minimum Gasteiger partial charge on any atom is -0.313 e. The lowest BCUT2D eigenvalue weighted by molar-refractivity contribution is 0.384. The average Bonchev–Trinajstić information content (AvgIpc) is 2.33. The first-order valence-electron chi connectivity index (χ1n) is 5.72. The second-order valence-corrected chi connectivity index (χ2v) is 5.30. The molecule has 0 aromatic heterocycles. The predicted octanol–water partition coefficient (Wildman–Crippen LogP) is 3.09. The zero-order valence-corrected chi connectivity index (χ0v) is 10.1. The lowest BCUT2D eigenvalue weighted by Gasteiger charge is -2.30. The van der Waals surface area contributed by atoms with Gasteiger partial charge in [-0.25, -0.2) is 0 Å². The van der Waals surface area contributed by atoms with Crippen molar-refractivity contribution < 1.29 is 0 Å². The standard InChI is InChI=1S/C13H19NS/c1-14-13(11-6-3-2-4-7-11)12-8-5-9-15-10-12/h2-4,6-7,12-14H,5,8-10H2,1H3. The van der Waals surface area contributed by atoms with E-state index < -0.39 is 0 Å². The maximum absolute atomic E-state index is 3.47. The molecule has 2 heteroatoms. The van der Waals surface area contributed by atoms with Crippen LogP contribution in [-0.4, -0.2) is 18.6 Å². The molecule has 1 fully saturated rings. The van der Waals surface area contributed by atoms with E-state index in [4.69, 9.17) is 0 Å². The first kappa shape index (κ1) is 11.0. The van der Waals surface area contributed by atoms with Crippen LogP contribution in [0.25, 0.3) is 0 Å². The predicted molar refractivity (Wildman–Crippen MR) is 68.3 cm³/mol. The zero-order valence-electron chi connectivity index (χ0n) is 9.28. The molecule has 0 bridgehead atoms. The zero-order chi connectivity index (χ0) is 10.5. The highest BCUT2D eigenvalue weighted by atomic mass is 32.2. The summed E-state index contributed by atoms with van der Waals surface area (Å²) in [6, 6.07) is 11.4. The van der Waals surface area contributed by atoms with Crippen LogP contribution in [0.4, 0.5) is 0 Å². The van der Waals surface area contributed by atoms with Gasteiger partial charge in [-0.3, -0.25) is 0 Å². The van der Waals surface area contributed by atoms with Crippen molar-refractivity contribution >= 4 is 11.8 Å². The molecule has 0 saturated carbocycles. The molecule has 2 rings (SSSR count). The Morgan fingerprint density at radius 1 is 1.33 bits per heavy atom. The molecule has 1 heterocycles. The summed E-state index contributed by atoms with van der Waals surface area (Å²) < 4.78 is 0. The Balaban J connectivity index is 2.09. The Morgan fingerprint density at radius 3 is 2.73 bits per heavy atom. The summed E-state index contributed by atoms with van der Waals surface area (Å²) in [5.74, 6) is 3.46. The molecule has 82 valence electrons. The van der Waals surface area contributed by atoms with Crippen molar-refractivity contribution in [1.29, 1.82) is 0 Å². The van der Waals surface area contributed by atoms with Gasteiger partial charge in [0.2, 0.25) is 0 Å². The molecule has 1 saturated heterocycles. The molecule has 1 aliphatic rings. The molecule has 2 unspecified atom stereocenters. The Bertz CT molecular complexity index is 280. The first-order valence-corrected chi connectivity index (χ1v) is 6.87. The molecular formula is C13H19NS. The van der Waals surface area contributed by atoms with Gasteiger partial charge in [-0.2, -0.15) is 11.8 Å². The maximum atomic E-state index is 3.47. The highest BCUT2D eigenvalue weighted by molar-refractivity contribution is 7.99. The number of rotatable bonds is 3. The van der Waals surface area contributed by atoms with Crippen LogP contribution in [0.3, 0.4) is 0 Å². The lowest BCUT2D eigenvalue weighted by atomic mass is 9.91. The minimum absolute atomic E-state index is 0.541. The van der Waals surface area contributed by atoms with Crippen molar-refractivity contribution in [2.24, 2.45) is 5.92 Å².